The van der Waals surface area contributed by atoms with E-state index in [2.05, 4.69) is 10.4 Å². The molecule has 1 aromatic heterocycles. The Labute approximate surface area is 113 Å². The summed E-state index contributed by atoms with van der Waals surface area (Å²) in [5.41, 5.74) is 7.54. The third-order valence-corrected chi connectivity index (χ3v) is 3.85. The number of aryl methyl sites for hydroxylation is 2. The van der Waals surface area contributed by atoms with Gasteiger partial charge in [0.15, 0.2) is 0 Å². The highest BCUT2D eigenvalue weighted by Crippen LogP contribution is 2.25. The molecule has 1 aromatic rings. The molecule has 6 nitrogen and oxygen atoms in total. The molecular formula is C13H22N4O2. The van der Waals surface area contributed by atoms with Gasteiger partial charge in [-0.05, 0) is 19.3 Å². The quantitative estimate of drug-likeness (QED) is 0.738. The number of carbonyl (C=O) groups is 1. The second kappa shape index (κ2) is 5.61. The first-order valence-electron chi connectivity index (χ1n) is 6.82. The predicted molar refractivity (Wildman–Crippen MR) is 72.7 cm³/mol. The maximum Gasteiger partial charge on any atom is 0.271 e. The number of carbonyl (C=O) groups excluding carboxylic acids is 1. The van der Waals surface area contributed by atoms with Crippen molar-refractivity contribution in [1.82, 2.24) is 15.1 Å². The smallest absolute Gasteiger partial charge is 0.271 e. The average molecular weight is 266 g/mol. The molecule has 1 aliphatic carbocycles. The standard InChI is InChI=1S/C13H22N4O2/c1-3-9-11(14)12(17(2)16-9)13(19)15-7-8-5-4-6-10(8)18/h8,10,18H,3-7,14H2,1-2H3,(H,15,19). The van der Waals surface area contributed by atoms with Crippen molar-refractivity contribution in [3.05, 3.63) is 11.4 Å². The van der Waals surface area contributed by atoms with Crippen LogP contribution in [0.2, 0.25) is 0 Å². The fraction of sp³-hybridized carbons (Fsp3) is 0.692. The number of nitrogen functional groups attached to an aromatic ring is 1. The SMILES string of the molecule is CCc1nn(C)c(C(=O)NCC2CCCC2O)c1N. The van der Waals surface area contributed by atoms with Crippen molar-refractivity contribution < 1.29 is 9.90 Å². The Morgan fingerprint density at radius 2 is 2.32 bits per heavy atom. The number of nitrogens with zero attached hydrogens (tertiary/aromatic N) is 2. The molecule has 2 rings (SSSR count). The van der Waals surface area contributed by atoms with Gasteiger partial charge in [0.1, 0.15) is 5.69 Å². The summed E-state index contributed by atoms with van der Waals surface area (Å²) in [5, 5.41) is 16.8. The number of aliphatic hydroxyl groups is 1. The van der Waals surface area contributed by atoms with Crippen LogP contribution in [0, 0.1) is 5.92 Å². The normalized spacial score (nSPS) is 22.7. The van der Waals surface area contributed by atoms with Gasteiger partial charge >= 0.3 is 0 Å². The molecule has 1 amide bonds. The van der Waals surface area contributed by atoms with E-state index in [1.165, 1.54) is 4.68 Å². The minimum absolute atomic E-state index is 0.157. The first kappa shape index (κ1) is 13.9. The highest BCUT2D eigenvalue weighted by atomic mass is 16.3. The van der Waals surface area contributed by atoms with Gasteiger partial charge in [0, 0.05) is 19.5 Å². The summed E-state index contributed by atoms with van der Waals surface area (Å²) in [6.07, 6.45) is 3.22. The van der Waals surface area contributed by atoms with Crippen LogP contribution in [0.1, 0.15) is 42.4 Å². The van der Waals surface area contributed by atoms with E-state index in [4.69, 9.17) is 5.73 Å². The van der Waals surface area contributed by atoms with Gasteiger partial charge < -0.3 is 16.2 Å². The van der Waals surface area contributed by atoms with Gasteiger partial charge in [-0.2, -0.15) is 5.10 Å². The first-order valence-corrected chi connectivity index (χ1v) is 6.82. The van der Waals surface area contributed by atoms with Crippen molar-refractivity contribution in [1.29, 1.82) is 0 Å². The molecule has 0 spiro atoms. The van der Waals surface area contributed by atoms with E-state index in [1.807, 2.05) is 6.92 Å². The zero-order chi connectivity index (χ0) is 14.0. The highest BCUT2D eigenvalue weighted by Gasteiger charge is 2.26. The molecule has 0 bridgehead atoms. The van der Waals surface area contributed by atoms with E-state index >= 15 is 0 Å². The van der Waals surface area contributed by atoms with Gasteiger partial charge in [-0.1, -0.05) is 13.3 Å². The van der Waals surface area contributed by atoms with Crippen LogP contribution in [-0.2, 0) is 13.5 Å². The van der Waals surface area contributed by atoms with E-state index in [9.17, 15) is 9.90 Å². The molecule has 106 valence electrons. The summed E-state index contributed by atoms with van der Waals surface area (Å²) < 4.78 is 1.52. The Bertz CT molecular complexity index is 469. The van der Waals surface area contributed by atoms with E-state index < -0.39 is 0 Å². The van der Waals surface area contributed by atoms with Gasteiger partial charge in [-0.25, -0.2) is 0 Å². The van der Waals surface area contributed by atoms with Crippen LogP contribution in [0.15, 0.2) is 0 Å². The van der Waals surface area contributed by atoms with Crippen molar-refractivity contribution >= 4 is 11.6 Å². The average Bonchev–Trinajstić information content (AvgIpc) is 2.90. The summed E-state index contributed by atoms with van der Waals surface area (Å²) >= 11 is 0. The fourth-order valence-corrected chi connectivity index (χ4v) is 2.69. The summed E-state index contributed by atoms with van der Waals surface area (Å²) in [7, 11) is 1.72. The van der Waals surface area contributed by atoms with Gasteiger partial charge in [0.25, 0.3) is 5.91 Å². The maximum atomic E-state index is 12.1. The Balaban J connectivity index is 2.02. The summed E-state index contributed by atoms with van der Waals surface area (Å²) in [6, 6.07) is 0. The number of aromatic nitrogens is 2. The van der Waals surface area contributed by atoms with Crippen LogP contribution < -0.4 is 11.1 Å². The molecule has 0 aliphatic heterocycles. The fourth-order valence-electron chi connectivity index (χ4n) is 2.69. The molecular weight excluding hydrogens is 244 g/mol. The number of aliphatic hydroxyl groups excluding tert-OH is 1. The number of hydrogen-bond donors (Lipinski definition) is 3. The lowest BCUT2D eigenvalue weighted by molar-refractivity contribution is 0.0908. The molecule has 1 heterocycles. The lowest BCUT2D eigenvalue weighted by Gasteiger charge is -2.15. The van der Waals surface area contributed by atoms with Crippen LogP contribution in [0.25, 0.3) is 0 Å². The number of rotatable bonds is 4. The molecule has 1 fully saturated rings. The Hall–Kier alpha value is -1.56. The second-order valence-corrected chi connectivity index (χ2v) is 5.15. The molecule has 1 aliphatic rings. The number of nitrogens with two attached hydrogens (primary N) is 1. The Morgan fingerprint density at radius 1 is 1.58 bits per heavy atom. The van der Waals surface area contributed by atoms with E-state index in [0.29, 0.717) is 24.3 Å². The van der Waals surface area contributed by atoms with Crippen LogP contribution in [0.3, 0.4) is 0 Å². The first-order chi connectivity index (χ1) is 9.04. The van der Waals surface area contributed by atoms with Gasteiger partial charge in [0.05, 0.1) is 17.5 Å². The molecule has 1 saturated carbocycles. The van der Waals surface area contributed by atoms with Crippen molar-refractivity contribution in [3.63, 3.8) is 0 Å². The highest BCUT2D eigenvalue weighted by molar-refractivity contribution is 5.97. The number of nitrogens with one attached hydrogen (secondary N) is 1. The molecule has 0 saturated heterocycles. The monoisotopic (exact) mass is 266 g/mol. The number of amides is 1. The molecule has 2 unspecified atom stereocenters. The van der Waals surface area contributed by atoms with Crippen molar-refractivity contribution in [3.8, 4) is 0 Å². The van der Waals surface area contributed by atoms with Crippen molar-refractivity contribution in [2.24, 2.45) is 13.0 Å². The topological polar surface area (TPSA) is 93.2 Å². The van der Waals surface area contributed by atoms with Crippen LogP contribution in [-0.4, -0.2) is 33.4 Å². The molecule has 4 N–H and O–H groups in total. The lowest BCUT2D eigenvalue weighted by atomic mass is 10.1. The van der Waals surface area contributed by atoms with E-state index in [0.717, 1.165) is 25.0 Å². The molecule has 0 radical (unpaired) electrons. The van der Waals surface area contributed by atoms with Crippen molar-refractivity contribution in [2.75, 3.05) is 12.3 Å². The van der Waals surface area contributed by atoms with Crippen LogP contribution in [0.5, 0.6) is 0 Å². The summed E-state index contributed by atoms with van der Waals surface area (Å²) in [4.78, 5) is 12.1. The largest absolute Gasteiger partial charge is 0.395 e. The zero-order valence-corrected chi connectivity index (χ0v) is 11.5. The third-order valence-electron chi connectivity index (χ3n) is 3.85. The van der Waals surface area contributed by atoms with Gasteiger partial charge in [-0.3, -0.25) is 9.48 Å². The zero-order valence-electron chi connectivity index (χ0n) is 11.5. The predicted octanol–water partition coefficient (Wildman–Crippen LogP) is 0.456. The number of anilines is 1. The van der Waals surface area contributed by atoms with Crippen LogP contribution in [0.4, 0.5) is 5.69 Å². The molecule has 0 aromatic carbocycles. The number of hydrogen-bond acceptors (Lipinski definition) is 4. The Morgan fingerprint density at radius 3 is 2.84 bits per heavy atom. The summed E-state index contributed by atoms with van der Waals surface area (Å²) in [5.74, 6) is -0.0599. The van der Waals surface area contributed by atoms with Crippen LogP contribution >= 0.6 is 0 Å². The second-order valence-electron chi connectivity index (χ2n) is 5.15. The van der Waals surface area contributed by atoms with Gasteiger partial charge in [0.2, 0.25) is 0 Å². The minimum Gasteiger partial charge on any atom is -0.395 e. The Kier molecular flexibility index (Phi) is 4.09. The molecule has 19 heavy (non-hydrogen) atoms. The molecule has 2 atom stereocenters. The lowest BCUT2D eigenvalue weighted by Crippen LogP contribution is -2.33. The van der Waals surface area contributed by atoms with Crippen molar-refractivity contribution in [2.45, 2.75) is 38.7 Å². The third kappa shape index (κ3) is 2.73. The summed E-state index contributed by atoms with van der Waals surface area (Å²) in [6.45, 7) is 2.45. The minimum atomic E-state index is -0.296. The van der Waals surface area contributed by atoms with E-state index in [-0.39, 0.29) is 17.9 Å². The van der Waals surface area contributed by atoms with Gasteiger partial charge in [-0.15, -0.1) is 0 Å². The van der Waals surface area contributed by atoms with E-state index in [1.54, 1.807) is 7.05 Å². The maximum absolute atomic E-state index is 12.1. The molecule has 6 heteroatoms.